The van der Waals surface area contributed by atoms with E-state index in [0.717, 1.165) is 17.9 Å². The highest BCUT2D eigenvalue weighted by molar-refractivity contribution is 5.95. The molecular weight excluding hydrogens is 280 g/mol. The van der Waals surface area contributed by atoms with Crippen LogP contribution >= 0.6 is 12.4 Å². The van der Waals surface area contributed by atoms with Crippen LogP contribution in [0, 0.1) is 12.8 Å². The fourth-order valence-corrected chi connectivity index (χ4v) is 2.26. The van der Waals surface area contributed by atoms with E-state index in [1.807, 2.05) is 13.0 Å². The predicted octanol–water partition coefficient (Wildman–Crippen LogP) is 0.736. The molecule has 0 radical (unpaired) electrons. The zero-order chi connectivity index (χ0) is 13.8. The minimum atomic E-state index is -0.378. The molecule has 20 heavy (non-hydrogen) atoms. The summed E-state index contributed by atoms with van der Waals surface area (Å²) in [7, 11) is 1.60. The Balaban J connectivity index is 0.00000200. The van der Waals surface area contributed by atoms with Gasteiger partial charge in [0.05, 0.1) is 13.2 Å². The molecule has 0 spiro atoms. The van der Waals surface area contributed by atoms with E-state index in [9.17, 15) is 9.90 Å². The summed E-state index contributed by atoms with van der Waals surface area (Å²) >= 11 is 0. The summed E-state index contributed by atoms with van der Waals surface area (Å²) in [6.07, 6.45) is -0.378. The van der Waals surface area contributed by atoms with Gasteiger partial charge in [-0.05, 0) is 30.7 Å². The molecule has 2 rings (SSSR count). The van der Waals surface area contributed by atoms with Crippen molar-refractivity contribution in [1.82, 2.24) is 10.6 Å². The number of carbonyl (C=O) groups is 1. The lowest BCUT2D eigenvalue weighted by molar-refractivity contribution is 0.0926. The third kappa shape index (κ3) is 3.85. The van der Waals surface area contributed by atoms with Crippen LogP contribution in [-0.4, -0.2) is 43.9 Å². The van der Waals surface area contributed by atoms with Gasteiger partial charge in [0.15, 0.2) is 0 Å². The minimum Gasteiger partial charge on any atom is -0.497 e. The molecule has 1 amide bonds. The number of hydrogen-bond donors (Lipinski definition) is 3. The molecule has 0 saturated carbocycles. The number of nitrogens with one attached hydrogen (secondary N) is 2. The third-order valence-corrected chi connectivity index (χ3v) is 3.51. The van der Waals surface area contributed by atoms with Gasteiger partial charge in [-0.1, -0.05) is 0 Å². The average molecular weight is 301 g/mol. The predicted molar refractivity (Wildman–Crippen MR) is 79.7 cm³/mol. The van der Waals surface area contributed by atoms with Crippen molar-refractivity contribution in [3.63, 3.8) is 0 Å². The zero-order valence-corrected chi connectivity index (χ0v) is 12.5. The maximum Gasteiger partial charge on any atom is 0.251 e. The van der Waals surface area contributed by atoms with Crippen LogP contribution in [0.2, 0.25) is 0 Å². The first-order valence-corrected chi connectivity index (χ1v) is 6.43. The lowest BCUT2D eigenvalue weighted by Gasteiger charge is -2.15. The monoisotopic (exact) mass is 300 g/mol. The number of benzene rings is 1. The van der Waals surface area contributed by atoms with E-state index >= 15 is 0 Å². The molecule has 1 heterocycles. The molecule has 1 fully saturated rings. The van der Waals surface area contributed by atoms with Crippen LogP contribution in [0.25, 0.3) is 0 Å². The van der Waals surface area contributed by atoms with Crippen molar-refractivity contribution in [2.45, 2.75) is 13.0 Å². The van der Waals surface area contributed by atoms with Gasteiger partial charge in [-0.3, -0.25) is 4.79 Å². The van der Waals surface area contributed by atoms with Crippen LogP contribution in [0.15, 0.2) is 18.2 Å². The molecule has 1 aliphatic rings. The molecule has 2 atom stereocenters. The van der Waals surface area contributed by atoms with E-state index in [2.05, 4.69) is 10.6 Å². The Morgan fingerprint density at radius 1 is 1.50 bits per heavy atom. The molecule has 3 N–H and O–H groups in total. The largest absolute Gasteiger partial charge is 0.497 e. The number of methoxy groups -OCH3 is 1. The van der Waals surface area contributed by atoms with Gasteiger partial charge in [0, 0.05) is 31.1 Å². The van der Waals surface area contributed by atoms with Crippen molar-refractivity contribution in [3.8, 4) is 5.75 Å². The second-order valence-electron chi connectivity index (χ2n) is 4.88. The molecule has 0 aromatic heterocycles. The second-order valence-corrected chi connectivity index (χ2v) is 4.88. The van der Waals surface area contributed by atoms with Crippen molar-refractivity contribution in [2.75, 3.05) is 26.7 Å². The standard InChI is InChI=1S/C14H20N2O3.ClH/c1-9-5-11(19-2)3-4-12(9)14(18)16-7-10-6-15-8-13(10)17;/h3-5,10,13,15,17H,6-8H2,1-2H3,(H,16,18);1H. The van der Waals surface area contributed by atoms with E-state index in [0.29, 0.717) is 18.7 Å². The first kappa shape index (κ1) is 16.8. The number of rotatable bonds is 4. The highest BCUT2D eigenvalue weighted by Crippen LogP contribution is 2.17. The van der Waals surface area contributed by atoms with Crippen molar-refractivity contribution >= 4 is 18.3 Å². The molecule has 1 aliphatic heterocycles. The highest BCUT2D eigenvalue weighted by Gasteiger charge is 2.25. The van der Waals surface area contributed by atoms with Crippen LogP contribution in [0.1, 0.15) is 15.9 Å². The van der Waals surface area contributed by atoms with E-state index in [1.54, 1.807) is 19.2 Å². The summed E-state index contributed by atoms with van der Waals surface area (Å²) in [6.45, 7) is 3.70. The average Bonchev–Trinajstić information content (AvgIpc) is 2.81. The molecule has 0 aliphatic carbocycles. The van der Waals surface area contributed by atoms with Crippen molar-refractivity contribution in [2.24, 2.45) is 5.92 Å². The number of halogens is 1. The molecule has 2 unspecified atom stereocenters. The quantitative estimate of drug-likeness (QED) is 0.767. The van der Waals surface area contributed by atoms with Crippen LogP contribution in [0.5, 0.6) is 5.75 Å². The zero-order valence-electron chi connectivity index (χ0n) is 11.7. The number of ether oxygens (including phenoxy) is 1. The van der Waals surface area contributed by atoms with Crippen molar-refractivity contribution in [3.05, 3.63) is 29.3 Å². The Bertz CT molecular complexity index is 468. The number of hydrogen-bond acceptors (Lipinski definition) is 4. The Hall–Kier alpha value is -1.30. The van der Waals surface area contributed by atoms with Crippen LogP contribution < -0.4 is 15.4 Å². The van der Waals surface area contributed by atoms with Crippen molar-refractivity contribution < 1.29 is 14.6 Å². The van der Waals surface area contributed by atoms with E-state index in [1.165, 1.54) is 0 Å². The van der Waals surface area contributed by atoms with Gasteiger partial charge in [-0.15, -0.1) is 12.4 Å². The highest BCUT2D eigenvalue weighted by atomic mass is 35.5. The Labute approximate surface area is 125 Å². The topological polar surface area (TPSA) is 70.6 Å². The third-order valence-electron chi connectivity index (χ3n) is 3.51. The first-order valence-electron chi connectivity index (χ1n) is 6.43. The number of aryl methyl sites for hydroxylation is 1. The van der Waals surface area contributed by atoms with Crippen molar-refractivity contribution in [1.29, 1.82) is 0 Å². The molecule has 112 valence electrons. The number of β-amino-alcohol motifs (C(OH)–C–C–N with tert-alkyl or cyclic N) is 1. The molecule has 5 nitrogen and oxygen atoms in total. The number of aliphatic hydroxyl groups excluding tert-OH is 1. The molecule has 1 saturated heterocycles. The van der Waals surface area contributed by atoms with Crippen LogP contribution in [-0.2, 0) is 0 Å². The van der Waals surface area contributed by atoms with E-state index in [4.69, 9.17) is 4.74 Å². The Morgan fingerprint density at radius 2 is 2.25 bits per heavy atom. The van der Waals surface area contributed by atoms with Gasteiger partial charge < -0.3 is 20.5 Å². The van der Waals surface area contributed by atoms with Gasteiger partial charge >= 0.3 is 0 Å². The summed E-state index contributed by atoms with van der Waals surface area (Å²) in [5.74, 6) is 0.714. The summed E-state index contributed by atoms with van der Waals surface area (Å²) in [6, 6.07) is 5.36. The van der Waals surface area contributed by atoms with Gasteiger partial charge in [0.25, 0.3) is 5.91 Å². The normalized spacial score (nSPS) is 21.1. The lowest BCUT2D eigenvalue weighted by atomic mass is 10.1. The SMILES string of the molecule is COc1ccc(C(=O)NCC2CNCC2O)c(C)c1.Cl. The van der Waals surface area contributed by atoms with Gasteiger partial charge in [0.1, 0.15) is 5.75 Å². The summed E-state index contributed by atoms with van der Waals surface area (Å²) in [4.78, 5) is 12.1. The van der Waals surface area contributed by atoms with Gasteiger partial charge in [0.2, 0.25) is 0 Å². The number of carbonyl (C=O) groups excluding carboxylic acids is 1. The van der Waals surface area contributed by atoms with Gasteiger partial charge in [-0.25, -0.2) is 0 Å². The summed E-state index contributed by atoms with van der Waals surface area (Å²) in [5, 5.41) is 15.6. The minimum absolute atomic E-state index is 0. The molecular formula is C14H21ClN2O3. The first-order chi connectivity index (χ1) is 9.11. The smallest absolute Gasteiger partial charge is 0.251 e. The molecule has 1 aromatic rings. The Kier molecular flexibility index (Phi) is 6.26. The summed E-state index contributed by atoms with van der Waals surface area (Å²) < 4.78 is 5.11. The van der Waals surface area contributed by atoms with Gasteiger partial charge in [-0.2, -0.15) is 0 Å². The molecule has 0 bridgehead atoms. The van der Waals surface area contributed by atoms with Crippen LogP contribution in [0.3, 0.4) is 0 Å². The second kappa shape index (κ2) is 7.47. The lowest BCUT2D eigenvalue weighted by Crippen LogP contribution is -2.34. The molecule has 6 heteroatoms. The Morgan fingerprint density at radius 3 is 2.80 bits per heavy atom. The van der Waals surface area contributed by atoms with E-state index < -0.39 is 0 Å². The fourth-order valence-electron chi connectivity index (χ4n) is 2.26. The maximum absolute atomic E-state index is 12.1. The van der Waals surface area contributed by atoms with E-state index in [-0.39, 0.29) is 30.3 Å². The summed E-state index contributed by atoms with van der Waals surface area (Å²) in [5.41, 5.74) is 1.52. The number of amides is 1. The molecule has 1 aromatic carbocycles. The maximum atomic E-state index is 12.1. The fraction of sp³-hybridized carbons (Fsp3) is 0.500. The van der Waals surface area contributed by atoms with Crippen LogP contribution in [0.4, 0.5) is 0 Å². The number of aliphatic hydroxyl groups is 1.